The van der Waals surface area contributed by atoms with Gasteiger partial charge < -0.3 is 15.3 Å². The number of carboxylic acids is 2. The Bertz CT molecular complexity index is 363. The van der Waals surface area contributed by atoms with Gasteiger partial charge in [-0.05, 0) is 18.8 Å². The van der Waals surface area contributed by atoms with Crippen LogP contribution in [0.2, 0.25) is 0 Å². The second-order valence-electron chi connectivity index (χ2n) is 8.15. The van der Waals surface area contributed by atoms with Crippen LogP contribution in [0, 0.1) is 5.92 Å². The molecule has 0 aromatic carbocycles. The van der Waals surface area contributed by atoms with E-state index in [1.165, 1.54) is 103 Å². The fraction of sp³-hybridized carbons (Fsp3) is 0.917. The van der Waals surface area contributed by atoms with E-state index in [9.17, 15) is 14.7 Å². The maximum absolute atomic E-state index is 9.77. The average molecular weight is 449 g/mol. The number of unbranched alkanes of at least 4 members (excludes halogenated alkanes) is 12. The van der Waals surface area contributed by atoms with Crippen LogP contribution in [-0.4, -0.2) is 45.4 Å². The van der Waals surface area contributed by atoms with Crippen LogP contribution in [0.3, 0.4) is 0 Å². The summed E-state index contributed by atoms with van der Waals surface area (Å²) in [5.74, 6) is -1.68. The van der Waals surface area contributed by atoms with Gasteiger partial charge in [-0.3, -0.25) is 9.59 Å². The Balaban J connectivity index is 0. The molecule has 0 spiro atoms. The SMILES string of the molecule is CCCCCCCCCCC(CO)CCCCCCCC.O=C(O)CSCC(=O)O. The smallest absolute Gasteiger partial charge is 0.313 e. The first kappa shape index (κ1) is 31.4. The van der Waals surface area contributed by atoms with Gasteiger partial charge in [-0.15, -0.1) is 11.8 Å². The molecule has 0 saturated carbocycles. The summed E-state index contributed by atoms with van der Waals surface area (Å²) in [6.07, 6.45) is 21.8. The summed E-state index contributed by atoms with van der Waals surface area (Å²) < 4.78 is 0. The zero-order valence-electron chi connectivity index (χ0n) is 19.6. The predicted octanol–water partition coefficient (Wildman–Crippen LogP) is 6.77. The van der Waals surface area contributed by atoms with Crippen LogP contribution in [0.25, 0.3) is 0 Å². The molecule has 0 heterocycles. The quantitative estimate of drug-likeness (QED) is 0.168. The topological polar surface area (TPSA) is 94.8 Å². The molecule has 1 atom stereocenters. The van der Waals surface area contributed by atoms with Crippen molar-refractivity contribution in [2.45, 2.75) is 117 Å². The predicted molar refractivity (Wildman–Crippen MR) is 128 cm³/mol. The lowest BCUT2D eigenvalue weighted by Gasteiger charge is -2.13. The lowest BCUT2D eigenvalue weighted by Crippen LogP contribution is -2.06. The van der Waals surface area contributed by atoms with E-state index < -0.39 is 11.9 Å². The summed E-state index contributed by atoms with van der Waals surface area (Å²) in [5.41, 5.74) is 0. The molecule has 3 N–H and O–H groups in total. The van der Waals surface area contributed by atoms with Crippen LogP contribution < -0.4 is 0 Å². The number of carboxylic acid groups (broad SMARTS) is 2. The van der Waals surface area contributed by atoms with Crippen molar-refractivity contribution in [3.8, 4) is 0 Å². The fourth-order valence-electron chi connectivity index (χ4n) is 3.33. The van der Waals surface area contributed by atoms with Gasteiger partial charge in [-0.2, -0.15) is 0 Å². The second-order valence-corrected chi connectivity index (χ2v) is 9.13. The molecular weight excluding hydrogens is 400 g/mol. The van der Waals surface area contributed by atoms with Crippen LogP contribution in [0.15, 0.2) is 0 Å². The molecule has 0 aliphatic carbocycles. The Labute approximate surface area is 189 Å². The third kappa shape index (κ3) is 29.5. The number of aliphatic hydroxyl groups excluding tert-OH is 1. The van der Waals surface area contributed by atoms with Crippen molar-refractivity contribution in [1.29, 1.82) is 0 Å². The van der Waals surface area contributed by atoms with Gasteiger partial charge in [0.2, 0.25) is 0 Å². The largest absolute Gasteiger partial charge is 0.481 e. The van der Waals surface area contributed by atoms with Crippen LogP contribution in [0.4, 0.5) is 0 Å². The van der Waals surface area contributed by atoms with Gasteiger partial charge >= 0.3 is 11.9 Å². The highest BCUT2D eigenvalue weighted by Gasteiger charge is 2.06. The number of aliphatic hydroxyl groups is 1. The van der Waals surface area contributed by atoms with E-state index in [1.54, 1.807) is 0 Å². The lowest BCUT2D eigenvalue weighted by molar-refractivity contribution is -0.134. The minimum atomic E-state index is -0.985. The highest BCUT2D eigenvalue weighted by Crippen LogP contribution is 2.19. The molecular formula is C24H48O5S. The van der Waals surface area contributed by atoms with Crippen molar-refractivity contribution in [2.75, 3.05) is 18.1 Å². The summed E-state index contributed by atoms with van der Waals surface area (Å²) in [7, 11) is 0. The maximum atomic E-state index is 9.77. The number of hydrogen-bond donors (Lipinski definition) is 3. The molecule has 0 bridgehead atoms. The molecule has 0 saturated heterocycles. The van der Waals surface area contributed by atoms with Crippen LogP contribution in [0.5, 0.6) is 0 Å². The summed E-state index contributed by atoms with van der Waals surface area (Å²) >= 11 is 0.870. The molecule has 0 amide bonds. The maximum Gasteiger partial charge on any atom is 0.313 e. The molecule has 180 valence electrons. The normalized spacial score (nSPS) is 11.6. The van der Waals surface area contributed by atoms with Gasteiger partial charge in [0.25, 0.3) is 0 Å². The molecule has 30 heavy (non-hydrogen) atoms. The fourth-order valence-corrected chi connectivity index (χ4v) is 3.78. The summed E-state index contributed by atoms with van der Waals surface area (Å²) in [6, 6.07) is 0. The Hall–Kier alpha value is -0.750. The van der Waals surface area contributed by atoms with Crippen molar-refractivity contribution in [1.82, 2.24) is 0 Å². The molecule has 0 aliphatic rings. The number of thioether (sulfide) groups is 1. The van der Waals surface area contributed by atoms with E-state index in [4.69, 9.17) is 10.2 Å². The summed E-state index contributed by atoms with van der Waals surface area (Å²) in [4.78, 5) is 19.5. The Morgan fingerprint density at radius 1 is 0.633 bits per heavy atom. The molecule has 0 radical (unpaired) electrons. The first-order valence-corrected chi connectivity index (χ1v) is 13.2. The molecule has 0 aliphatic heterocycles. The van der Waals surface area contributed by atoms with Gasteiger partial charge in [0.05, 0.1) is 11.5 Å². The average Bonchev–Trinajstić information content (AvgIpc) is 2.70. The first-order chi connectivity index (χ1) is 14.5. The number of hydrogen-bond acceptors (Lipinski definition) is 4. The van der Waals surface area contributed by atoms with Crippen LogP contribution in [-0.2, 0) is 9.59 Å². The zero-order chi connectivity index (χ0) is 22.9. The van der Waals surface area contributed by atoms with Crippen molar-refractivity contribution >= 4 is 23.7 Å². The number of aliphatic carboxylic acids is 2. The zero-order valence-corrected chi connectivity index (χ0v) is 20.4. The van der Waals surface area contributed by atoms with Crippen LogP contribution >= 0.6 is 11.8 Å². The summed E-state index contributed by atoms with van der Waals surface area (Å²) in [5, 5.41) is 25.5. The molecule has 0 fully saturated rings. The molecule has 6 heteroatoms. The monoisotopic (exact) mass is 448 g/mol. The van der Waals surface area contributed by atoms with Gasteiger partial charge in [0, 0.05) is 6.61 Å². The van der Waals surface area contributed by atoms with E-state index in [0.29, 0.717) is 12.5 Å². The van der Waals surface area contributed by atoms with E-state index in [0.717, 1.165) is 11.8 Å². The van der Waals surface area contributed by atoms with Crippen molar-refractivity contribution in [3.05, 3.63) is 0 Å². The van der Waals surface area contributed by atoms with Gasteiger partial charge in [0.15, 0.2) is 0 Å². The summed E-state index contributed by atoms with van der Waals surface area (Å²) in [6.45, 7) is 4.95. The third-order valence-corrected chi connectivity index (χ3v) is 6.04. The Kier molecular flexibility index (Phi) is 27.5. The van der Waals surface area contributed by atoms with Crippen LogP contribution in [0.1, 0.15) is 117 Å². The number of carbonyl (C=O) groups is 2. The standard InChI is InChI=1S/C20H42O.C4H6O4S/c1-3-5-7-9-11-12-14-16-18-20(19-21)17-15-13-10-8-6-4-2;5-3(6)1-9-2-4(7)8/h20-21H,3-19H2,1-2H3;1-2H2,(H,5,6)(H,7,8). The Morgan fingerprint density at radius 3 is 1.27 bits per heavy atom. The molecule has 1 unspecified atom stereocenters. The van der Waals surface area contributed by atoms with E-state index in [2.05, 4.69) is 13.8 Å². The van der Waals surface area contributed by atoms with Crippen molar-refractivity contribution < 1.29 is 24.9 Å². The van der Waals surface area contributed by atoms with Gasteiger partial charge in [0.1, 0.15) is 0 Å². The van der Waals surface area contributed by atoms with E-state index in [1.807, 2.05) is 0 Å². The van der Waals surface area contributed by atoms with Crippen molar-refractivity contribution in [3.63, 3.8) is 0 Å². The Morgan fingerprint density at radius 2 is 0.967 bits per heavy atom. The van der Waals surface area contributed by atoms with E-state index >= 15 is 0 Å². The highest BCUT2D eigenvalue weighted by molar-refractivity contribution is 8.00. The molecule has 5 nitrogen and oxygen atoms in total. The first-order valence-electron chi connectivity index (χ1n) is 12.1. The van der Waals surface area contributed by atoms with Gasteiger partial charge in [-0.25, -0.2) is 0 Å². The molecule has 0 aromatic heterocycles. The number of rotatable bonds is 21. The molecule has 0 rings (SSSR count). The van der Waals surface area contributed by atoms with Gasteiger partial charge in [-0.1, -0.05) is 104 Å². The minimum absolute atomic E-state index is 0.147. The highest BCUT2D eigenvalue weighted by atomic mass is 32.2. The minimum Gasteiger partial charge on any atom is -0.481 e. The van der Waals surface area contributed by atoms with E-state index in [-0.39, 0.29) is 11.5 Å². The molecule has 0 aromatic rings. The van der Waals surface area contributed by atoms with Crippen molar-refractivity contribution in [2.24, 2.45) is 5.92 Å². The lowest BCUT2D eigenvalue weighted by atomic mass is 9.95. The second kappa shape index (κ2) is 26.3. The third-order valence-electron chi connectivity index (χ3n) is 5.14.